The van der Waals surface area contributed by atoms with Crippen LogP contribution in [-0.4, -0.2) is 35.1 Å². The molecule has 6 heteroatoms. The number of rotatable bonds is 4. The number of anilines is 1. The number of aromatic nitrogens is 2. The van der Waals surface area contributed by atoms with Crippen LogP contribution in [0.3, 0.4) is 0 Å². The van der Waals surface area contributed by atoms with Crippen molar-refractivity contribution >= 4 is 17.5 Å². The summed E-state index contributed by atoms with van der Waals surface area (Å²) in [5, 5.41) is 0. The average Bonchev–Trinajstić information content (AvgIpc) is 2.96. The third-order valence-corrected chi connectivity index (χ3v) is 3.88. The van der Waals surface area contributed by atoms with Crippen molar-refractivity contribution in [2.75, 3.05) is 31.2 Å². The molecule has 0 radical (unpaired) electrons. The Morgan fingerprint density at radius 2 is 2.05 bits per heavy atom. The topological polar surface area (TPSA) is 47.5 Å². The molecule has 2 heterocycles. The zero-order chi connectivity index (χ0) is 13.8. The van der Waals surface area contributed by atoms with Gasteiger partial charge in [0.05, 0.1) is 24.9 Å². The largest absolute Gasteiger partial charge is 0.470 e. The van der Waals surface area contributed by atoms with Gasteiger partial charge >= 0.3 is 0 Å². The maximum Gasteiger partial charge on any atom is 0.271 e. The Bertz CT molecular complexity index is 567. The van der Waals surface area contributed by atoms with Crippen LogP contribution in [0.1, 0.15) is 11.1 Å². The van der Waals surface area contributed by atoms with E-state index in [9.17, 15) is 0 Å². The molecule has 1 aliphatic rings. The highest BCUT2D eigenvalue weighted by molar-refractivity contribution is 6.99. The molecule has 0 spiro atoms. The molecule has 1 aromatic heterocycles. The van der Waals surface area contributed by atoms with Gasteiger partial charge in [0.2, 0.25) is 5.82 Å². The van der Waals surface area contributed by atoms with Gasteiger partial charge in [0.1, 0.15) is 6.61 Å². The van der Waals surface area contributed by atoms with Crippen LogP contribution < -0.4 is 9.64 Å². The van der Waals surface area contributed by atoms with Gasteiger partial charge in [-0.25, -0.2) is 0 Å². The molecular formula is C14H17N3O2S. The first kappa shape index (κ1) is 13.3. The van der Waals surface area contributed by atoms with Gasteiger partial charge in [0, 0.05) is 13.1 Å². The first-order chi connectivity index (χ1) is 9.84. The van der Waals surface area contributed by atoms with Crippen molar-refractivity contribution in [2.45, 2.75) is 13.5 Å². The van der Waals surface area contributed by atoms with E-state index in [2.05, 4.69) is 32.7 Å². The van der Waals surface area contributed by atoms with Crippen molar-refractivity contribution in [2.24, 2.45) is 0 Å². The molecule has 0 N–H and O–H groups in total. The maximum atomic E-state index is 5.85. The van der Waals surface area contributed by atoms with Gasteiger partial charge in [-0.1, -0.05) is 24.3 Å². The number of ether oxygens (including phenoxy) is 2. The number of nitrogens with zero attached hydrogens (tertiary/aromatic N) is 3. The van der Waals surface area contributed by atoms with E-state index in [1.807, 2.05) is 12.1 Å². The van der Waals surface area contributed by atoms with Crippen LogP contribution in [-0.2, 0) is 11.3 Å². The van der Waals surface area contributed by atoms with Gasteiger partial charge in [0.15, 0.2) is 0 Å². The second-order valence-electron chi connectivity index (χ2n) is 4.71. The summed E-state index contributed by atoms with van der Waals surface area (Å²) < 4.78 is 19.8. The van der Waals surface area contributed by atoms with Crippen LogP contribution in [0.25, 0.3) is 0 Å². The SMILES string of the molecule is Cc1ccccc1COc1nsnc1N1CCOCC1. The van der Waals surface area contributed by atoms with E-state index in [1.54, 1.807) is 0 Å². The van der Waals surface area contributed by atoms with Crippen molar-refractivity contribution in [3.05, 3.63) is 35.4 Å². The maximum absolute atomic E-state index is 5.85. The number of hydrogen-bond acceptors (Lipinski definition) is 6. The fourth-order valence-electron chi connectivity index (χ4n) is 2.15. The zero-order valence-electron chi connectivity index (χ0n) is 11.4. The summed E-state index contributed by atoms with van der Waals surface area (Å²) in [6.07, 6.45) is 0. The van der Waals surface area contributed by atoms with Gasteiger partial charge in [-0.3, -0.25) is 0 Å². The van der Waals surface area contributed by atoms with Crippen molar-refractivity contribution in [1.29, 1.82) is 0 Å². The van der Waals surface area contributed by atoms with Crippen LogP contribution in [0.15, 0.2) is 24.3 Å². The highest BCUT2D eigenvalue weighted by Crippen LogP contribution is 2.27. The molecule has 106 valence electrons. The number of benzene rings is 1. The summed E-state index contributed by atoms with van der Waals surface area (Å²) >= 11 is 1.19. The minimum absolute atomic E-state index is 0.523. The first-order valence-corrected chi connectivity index (χ1v) is 7.40. The van der Waals surface area contributed by atoms with Gasteiger partial charge in [-0.15, -0.1) is 4.37 Å². The molecule has 0 bridgehead atoms. The molecule has 2 aromatic rings. The standard InChI is InChI=1S/C14H17N3O2S/c1-11-4-2-3-5-12(11)10-19-14-13(15-20-16-14)17-6-8-18-9-7-17/h2-5H,6-10H2,1H3. The van der Waals surface area contributed by atoms with E-state index in [0.717, 1.165) is 32.1 Å². The number of morpholine rings is 1. The molecule has 0 aliphatic carbocycles. The minimum Gasteiger partial charge on any atom is -0.470 e. The molecule has 1 fully saturated rings. The Kier molecular flexibility index (Phi) is 4.13. The van der Waals surface area contributed by atoms with Crippen LogP contribution in [0.2, 0.25) is 0 Å². The van der Waals surface area contributed by atoms with Gasteiger partial charge < -0.3 is 14.4 Å². The lowest BCUT2D eigenvalue weighted by Gasteiger charge is -2.26. The fraction of sp³-hybridized carbons (Fsp3) is 0.429. The first-order valence-electron chi connectivity index (χ1n) is 6.67. The Hall–Kier alpha value is -1.66. The van der Waals surface area contributed by atoms with Crippen LogP contribution in [0.5, 0.6) is 5.88 Å². The second-order valence-corrected chi connectivity index (χ2v) is 5.24. The summed E-state index contributed by atoms with van der Waals surface area (Å²) in [5.74, 6) is 1.46. The third kappa shape index (κ3) is 2.91. The third-order valence-electron chi connectivity index (χ3n) is 3.38. The molecule has 1 aliphatic heterocycles. The molecule has 3 rings (SSSR count). The summed E-state index contributed by atoms with van der Waals surface area (Å²) in [7, 11) is 0. The summed E-state index contributed by atoms with van der Waals surface area (Å²) in [5.41, 5.74) is 2.40. The summed E-state index contributed by atoms with van der Waals surface area (Å²) in [6, 6.07) is 8.21. The molecule has 0 atom stereocenters. The quantitative estimate of drug-likeness (QED) is 0.865. The smallest absolute Gasteiger partial charge is 0.271 e. The monoisotopic (exact) mass is 291 g/mol. The molecule has 0 saturated carbocycles. The molecular weight excluding hydrogens is 274 g/mol. The van der Waals surface area contributed by atoms with E-state index in [-0.39, 0.29) is 0 Å². The number of aryl methyl sites for hydroxylation is 1. The average molecular weight is 291 g/mol. The van der Waals surface area contributed by atoms with Crippen molar-refractivity contribution in [1.82, 2.24) is 8.75 Å². The van der Waals surface area contributed by atoms with Crippen molar-refractivity contribution < 1.29 is 9.47 Å². The van der Waals surface area contributed by atoms with E-state index >= 15 is 0 Å². The van der Waals surface area contributed by atoms with Gasteiger partial charge in [-0.2, -0.15) is 4.37 Å². The van der Waals surface area contributed by atoms with E-state index in [0.29, 0.717) is 12.5 Å². The highest BCUT2D eigenvalue weighted by atomic mass is 32.1. The predicted molar refractivity (Wildman–Crippen MR) is 78.5 cm³/mol. The van der Waals surface area contributed by atoms with E-state index in [1.165, 1.54) is 22.9 Å². The lowest BCUT2D eigenvalue weighted by molar-refractivity contribution is 0.122. The molecule has 20 heavy (non-hydrogen) atoms. The summed E-state index contributed by atoms with van der Waals surface area (Å²) in [4.78, 5) is 2.17. The zero-order valence-corrected chi connectivity index (χ0v) is 12.2. The Balaban J connectivity index is 1.69. The normalized spacial score (nSPS) is 15.3. The molecule has 1 aromatic carbocycles. The Morgan fingerprint density at radius 3 is 2.85 bits per heavy atom. The summed E-state index contributed by atoms with van der Waals surface area (Å²) in [6.45, 7) is 5.75. The van der Waals surface area contributed by atoms with Crippen molar-refractivity contribution in [3.8, 4) is 5.88 Å². The van der Waals surface area contributed by atoms with Gasteiger partial charge in [-0.05, 0) is 18.1 Å². The fourth-order valence-corrected chi connectivity index (χ4v) is 2.67. The van der Waals surface area contributed by atoms with E-state index in [4.69, 9.17) is 9.47 Å². The molecule has 1 saturated heterocycles. The van der Waals surface area contributed by atoms with E-state index < -0.39 is 0 Å². The predicted octanol–water partition coefficient (Wildman–Crippen LogP) is 2.26. The molecule has 0 amide bonds. The number of hydrogen-bond donors (Lipinski definition) is 0. The van der Waals surface area contributed by atoms with Crippen LogP contribution in [0.4, 0.5) is 5.82 Å². The second kappa shape index (κ2) is 6.19. The van der Waals surface area contributed by atoms with Gasteiger partial charge in [0.25, 0.3) is 5.88 Å². The molecule has 0 unspecified atom stereocenters. The Morgan fingerprint density at radius 1 is 1.25 bits per heavy atom. The lowest BCUT2D eigenvalue weighted by atomic mass is 10.1. The molecule has 5 nitrogen and oxygen atoms in total. The minimum atomic E-state index is 0.523. The Labute approximate surface area is 122 Å². The van der Waals surface area contributed by atoms with Crippen molar-refractivity contribution in [3.63, 3.8) is 0 Å². The lowest BCUT2D eigenvalue weighted by Crippen LogP contribution is -2.36. The van der Waals surface area contributed by atoms with Crippen LogP contribution in [0, 0.1) is 6.92 Å². The van der Waals surface area contributed by atoms with Crippen LogP contribution >= 0.6 is 11.7 Å². The highest BCUT2D eigenvalue weighted by Gasteiger charge is 2.19.